The number of nitrogens with zero attached hydrogens (tertiary/aromatic N) is 2. The van der Waals surface area contributed by atoms with Crippen LogP contribution in [0.5, 0.6) is 11.5 Å². The van der Waals surface area contributed by atoms with E-state index in [9.17, 15) is 4.79 Å². The number of amides is 1. The van der Waals surface area contributed by atoms with Gasteiger partial charge in [0.15, 0.2) is 11.5 Å². The lowest BCUT2D eigenvalue weighted by Gasteiger charge is -2.11. The number of hydrogen-bond acceptors (Lipinski definition) is 4. The maximum atomic E-state index is 12.2. The van der Waals surface area contributed by atoms with Gasteiger partial charge >= 0.3 is 0 Å². The number of hydrogen-bond donors (Lipinski definition) is 1. The van der Waals surface area contributed by atoms with Crippen molar-refractivity contribution in [2.75, 3.05) is 6.79 Å². The minimum Gasteiger partial charge on any atom is -0.454 e. The molecule has 2 heterocycles. The predicted octanol–water partition coefficient (Wildman–Crippen LogP) is 4.59. The standard InChI is InChI=1S/C23H22BrN3O3/c1-14-4-6-19(11-20(14)24)27-15(2)8-18(16(27)3)12-25-26-23(28)10-17-5-7-21-22(9-17)30-13-29-21/h4-9,11-12H,10,13H2,1-3H3,(H,26,28)/b25-12+. The molecule has 154 valence electrons. The van der Waals surface area contributed by atoms with Crippen LogP contribution in [0.3, 0.4) is 0 Å². The monoisotopic (exact) mass is 467 g/mol. The van der Waals surface area contributed by atoms with Crippen LogP contribution >= 0.6 is 15.9 Å². The third-order valence-electron chi connectivity index (χ3n) is 5.08. The van der Waals surface area contributed by atoms with Crippen LogP contribution in [0.15, 0.2) is 52.0 Å². The van der Waals surface area contributed by atoms with E-state index >= 15 is 0 Å². The zero-order valence-electron chi connectivity index (χ0n) is 17.0. The Morgan fingerprint density at radius 1 is 1.13 bits per heavy atom. The first-order chi connectivity index (χ1) is 14.4. The summed E-state index contributed by atoms with van der Waals surface area (Å²) in [6, 6.07) is 13.8. The predicted molar refractivity (Wildman–Crippen MR) is 120 cm³/mol. The quantitative estimate of drug-likeness (QED) is 0.440. The van der Waals surface area contributed by atoms with Crippen LogP contribution in [0.1, 0.15) is 28.1 Å². The number of ether oxygens (including phenoxy) is 2. The minimum atomic E-state index is -0.193. The van der Waals surface area contributed by atoms with Gasteiger partial charge in [-0.3, -0.25) is 4.79 Å². The van der Waals surface area contributed by atoms with Gasteiger partial charge in [0.05, 0.1) is 12.6 Å². The molecule has 0 saturated carbocycles. The van der Waals surface area contributed by atoms with E-state index in [4.69, 9.17) is 9.47 Å². The second-order valence-electron chi connectivity index (χ2n) is 7.25. The van der Waals surface area contributed by atoms with Crippen LogP contribution in [0.2, 0.25) is 0 Å². The van der Waals surface area contributed by atoms with Gasteiger partial charge in [0.1, 0.15) is 0 Å². The molecule has 1 aliphatic rings. The molecule has 0 aliphatic carbocycles. The Labute approximate surface area is 183 Å². The highest BCUT2D eigenvalue weighted by atomic mass is 79.9. The van der Waals surface area contributed by atoms with Crippen molar-refractivity contribution in [1.29, 1.82) is 0 Å². The largest absolute Gasteiger partial charge is 0.454 e. The molecule has 1 amide bonds. The second kappa shape index (κ2) is 8.36. The Kier molecular flexibility index (Phi) is 5.63. The first kappa shape index (κ1) is 20.2. The number of benzene rings is 2. The molecule has 0 spiro atoms. The summed E-state index contributed by atoms with van der Waals surface area (Å²) >= 11 is 3.60. The van der Waals surface area contributed by atoms with E-state index in [1.807, 2.05) is 25.1 Å². The zero-order chi connectivity index (χ0) is 21.3. The molecule has 0 fully saturated rings. The lowest BCUT2D eigenvalue weighted by atomic mass is 10.1. The van der Waals surface area contributed by atoms with Gasteiger partial charge in [-0.15, -0.1) is 0 Å². The van der Waals surface area contributed by atoms with Gasteiger partial charge in [0.2, 0.25) is 12.7 Å². The van der Waals surface area contributed by atoms with Crippen LogP contribution in [0.4, 0.5) is 0 Å². The summed E-state index contributed by atoms with van der Waals surface area (Å²) in [5.74, 6) is 1.17. The minimum absolute atomic E-state index is 0.193. The molecular weight excluding hydrogens is 446 g/mol. The normalized spacial score (nSPS) is 12.5. The van der Waals surface area contributed by atoms with Crippen molar-refractivity contribution in [2.24, 2.45) is 5.10 Å². The fourth-order valence-electron chi connectivity index (χ4n) is 3.49. The van der Waals surface area contributed by atoms with E-state index in [-0.39, 0.29) is 19.1 Å². The Morgan fingerprint density at radius 3 is 2.73 bits per heavy atom. The summed E-state index contributed by atoms with van der Waals surface area (Å²) in [6.45, 7) is 6.37. The van der Waals surface area contributed by atoms with Gasteiger partial charge in [0.25, 0.3) is 0 Å². The summed E-state index contributed by atoms with van der Waals surface area (Å²) in [5.41, 5.74) is 8.81. The molecule has 3 aromatic rings. The molecular formula is C23H22BrN3O3. The summed E-state index contributed by atoms with van der Waals surface area (Å²) in [6.07, 6.45) is 1.89. The fourth-order valence-corrected chi connectivity index (χ4v) is 3.85. The highest BCUT2D eigenvalue weighted by molar-refractivity contribution is 9.10. The molecule has 0 bridgehead atoms. The van der Waals surface area contributed by atoms with E-state index in [0.717, 1.165) is 32.7 Å². The van der Waals surface area contributed by atoms with Crippen molar-refractivity contribution < 1.29 is 14.3 Å². The van der Waals surface area contributed by atoms with Crippen LogP contribution in [0.25, 0.3) is 5.69 Å². The zero-order valence-corrected chi connectivity index (χ0v) is 18.6. The van der Waals surface area contributed by atoms with E-state index in [2.05, 4.69) is 69.1 Å². The number of rotatable bonds is 5. The summed E-state index contributed by atoms with van der Waals surface area (Å²) < 4.78 is 13.9. The lowest BCUT2D eigenvalue weighted by Crippen LogP contribution is -2.19. The third-order valence-corrected chi connectivity index (χ3v) is 5.93. The molecule has 7 heteroatoms. The topological polar surface area (TPSA) is 64.9 Å². The lowest BCUT2D eigenvalue weighted by molar-refractivity contribution is -0.120. The molecule has 0 unspecified atom stereocenters. The molecule has 30 heavy (non-hydrogen) atoms. The molecule has 2 aromatic carbocycles. The van der Waals surface area contributed by atoms with Gasteiger partial charge in [-0.2, -0.15) is 5.10 Å². The van der Waals surface area contributed by atoms with Gasteiger partial charge in [-0.25, -0.2) is 5.43 Å². The number of aryl methyl sites for hydroxylation is 2. The first-order valence-corrected chi connectivity index (χ1v) is 10.4. The summed E-state index contributed by atoms with van der Waals surface area (Å²) in [7, 11) is 0. The van der Waals surface area contributed by atoms with Gasteiger partial charge in [-0.05, 0) is 62.2 Å². The number of carbonyl (C=O) groups excluding carboxylic acids is 1. The number of halogens is 1. The smallest absolute Gasteiger partial charge is 0.244 e. The van der Waals surface area contributed by atoms with E-state index in [1.54, 1.807) is 6.21 Å². The maximum absolute atomic E-state index is 12.2. The number of hydrazone groups is 1. The van der Waals surface area contributed by atoms with E-state index in [0.29, 0.717) is 11.5 Å². The maximum Gasteiger partial charge on any atom is 0.244 e. The van der Waals surface area contributed by atoms with Crippen LogP contribution in [-0.2, 0) is 11.2 Å². The average molecular weight is 468 g/mol. The van der Waals surface area contributed by atoms with Gasteiger partial charge < -0.3 is 14.0 Å². The number of carbonyl (C=O) groups is 1. The summed E-state index contributed by atoms with van der Waals surface area (Å²) in [5, 5.41) is 4.15. The van der Waals surface area contributed by atoms with Crippen molar-refractivity contribution in [2.45, 2.75) is 27.2 Å². The van der Waals surface area contributed by atoms with E-state index < -0.39 is 0 Å². The SMILES string of the molecule is Cc1ccc(-n2c(C)cc(/C=N/NC(=O)Cc3ccc4c(c3)OCO4)c2C)cc1Br. The van der Waals surface area contributed by atoms with Crippen molar-refractivity contribution in [3.05, 3.63) is 75.0 Å². The van der Waals surface area contributed by atoms with Crippen molar-refractivity contribution >= 4 is 28.1 Å². The molecule has 0 saturated heterocycles. The first-order valence-electron chi connectivity index (χ1n) is 9.58. The third kappa shape index (κ3) is 4.11. The molecule has 1 aliphatic heterocycles. The number of aromatic nitrogens is 1. The second-order valence-corrected chi connectivity index (χ2v) is 8.11. The molecule has 1 N–H and O–H groups in total. The molecule has 4 rings (SSSR count). The van der Waals surface area contributed by atoms with Crippen molar-refractivity contribution in [3.8, 4) is 17.2 Å². The Bertz CT molecular complexity index is 1150. The number of fused-ring (bicyclic) bond motifs is 1. The molecule has 0 atom stereocenters. The molecule has 6 nitrogen and oxygen atoms in total. The van der Waals surface area contributed by atoms with Crippen LogP contribution in [0, 0.1) is 20.8 Å². The molecule has 1 aromatic heterocycles. The fraction of sp³-hybridized carbons (Fsp3) is 0.217. The average Bonchev–Trinajstić information content (AvgIpc) is 3.28. The Morgan fingerprint density at radius 2 is 1.93 bits per heavy atom. The highest BCUT2D eigenvalue weighted by Gasteiger charge is 2.14. The molecule has 0 radical (unpaired) electrons. The van der Waals surface area contributed by atoms with Crippen LogP contribution in [-0.4, -0.2) is 23.5 Å². The number of nitrogens with one attached hydrogen (secondary N) is 1. The van der Waals surface area contributed by atoms with Gasteiger partial charge in [-0.1, -0.05) is 28.1 Å². The van der Waals surface area contributed by atoms with Gasteiger partial charge in [0, 0.05) is 27.1 Å². The summed E-state index contributed by atoms with van der Waals surface area (Å²) in [4.78, 5) is 12.2. The van der Waals surface area contributed by atoms with E-state index in [1.165, 1.54) is 5.56 Å². The van der Waals surface area contributed by atoms with Crippen LogP contribution < -0.4 is 14.9 Å². The Hall–Kier alpha value is -3.06. The highest BCUT2D eigenvalue weighted by Crippen LogP contribution is 2.32. The van der Waals surface area contributed by atoms with Crippen molar-refractivity contribution in [3.63, 3.8) is 0 Å². The van der Waals surface area contributed by atoms with Crippen molar-refractivity contribution in [1.82, 2.24) is 9.99 Å². The Balaban J connectivity index is 1.44.